The average molecular weight is 303 g/mol. The number of nitrogens with zero attached hydrogens (tertiary/aromatic N) is 3. The molecule has 0 fully saturated rings. The molecule has 0 aliphatic rings. The maximum atomic E-state index is 3.99. The Morgan fingerprint density at radius 2 is 1.62 bits per heavy atom. The summed E-state index contributed by atoms with van der Waals surface area (Å²) in [5, 5.41) is 14.4. The number of hydrogen-bond acceptors (Lipinski definition) is 3. The third kappa shape index (κ3) is 4.94. The van der Waals surface area contributed by atoms with Crippen LogP contribution in [0.3, 0.4) is 0 Å². The van der Waals surface area contributed by atoms with Crippen molar-refractivity contribution in [3.8, 4) is 0 Å². The van der Waals surface area contributed by atoms with Crippen LogP contribution >= 0.6 is 0 Å². The largest absolute Gasteiger partial charge is 2.00 e. The van der Waals surface area contributed by atoms with E-state index in [1.54, 1.807) is 12.3 Å². The molecule has 2 aromatic rings. The summed E-state index contributed by atoms with van der Waals surface area (Å²) in [5.41, 5.74) is 0.825. The molecule has 0 bridgehead atoms. The number of hydrogen-bond donors (Lipinski definition) is 1. The van der Waals surface area contributed by atoms with Gasteiger partial charge >= 0.3 is 19.5 Å². The molecule has 4 nitrogen and oxygen atoms in total. The first-order chi connectivity index (χ1) is 6.45. The zero-order valence-corrected chi connectivity index (χ0v) is 11.0. The summed E-state index contributed by atoms with van der Waals surface area (Å²) >= 11 is 0. The van der Waals surface area contributed by atoms with Gasteiger partial charge in [-0.25, -0.2) is 0 Å². The van der Waals surface area contributed by atoms with Crippen molar-refractivity contribution in [1.82, 2.24) is 10.2 Å². The smallest absolute Gasteiger partial charge is 0.358 e. The van der Waals surface area contributed by atoms with Crippen molar-refractivity contribution < 1.29 is 19.5 Å². The summed E-state index contributed by atoms with van der Waals surface area (Å²) in [6.07, 6.45) is 1.71. The summed E-state index contributed by atoms with van der Waals surface area (Å²) in [4.78, 5) is 0. The molecule has 1 aromatic heterocycles. The SMILES string of the molecule is [CH3-].[CH3-].[Ru+2].c1ccc(N=Nc2cc[nH]n2)cc1. The Kier molecular flexibility index (Phi) is 9.51. The first kappa shape index (κ1) is 17.1. The minimum Gasteiger partial charge on any atom is -0.358 e. The number of rotatable bonds is 2. The van der Waals surface area contributed by atoms with Gasteiger partial charge in [0.2, 0.25) is 0 Å². The second kappa shape index (κ2) is 8.92. The fraction of sp³-hybridized carbons (Fsp3) is 0. The van der Waals surface area contributed by atoms with Crippen LogP contribution in [0.1, 0.15) is 0 Å². The Balaban J connectivity index is 0. The fourth-order valence-corrected chi connectivity index (χ4v) is 0.912. The minimum atomic E-state index is 0. The van der Waals surface area contributed by atoms with E-state index in [0.717, 1.165) is 5.69 Å². The second-order valence-corrected chi connectivity index (χ2v) is 2.47. The number of benzene rings is 1. The molecule has 0 radical (unpaired) electrons. The molecular formula is C11H14N4Ru. The quantitative estimate of drug-likeness (QED) is 0.513. The van der Waals surface area contributed by atoms with Crippen molar-refractivity contribution in [3.63, 3.8) is 0 Å². The van der Waals surface area contributed by atoms with E-state index >= 15 is 0 Å². The Morgan fingerprint density at radius 3 is 2.19 bits per heavy atom. The van der Waals surface area contributed by atoms with E-state index in [0.29, 0.717) is 5.82 Å². The fourth-order valence-electron chi connectivity index (χ4n) is 0.912. The molecule has 0 saturated heterocycles. The van der Waals surface area contributed by atoms with Crippen molar-refractivity contribution in [1.29, 1.82) is 0 Å². The van der Waals surface area contributed by atoms with Crippen LogP contribution in [-0.4, -0.2) is 10.2 Å². The number of nitrogens with one attached hydrogen (secondary N) is 1. The van der Waals surface area contributed by atoms with Crippen LogP contribution < -0.4 is 0 Å². The van der Waals surface area contributed by atoms with E-state index in [1.807, 2.05) is 30.3 Å². The number of H-pyrrole nitrogens is 1. The van der Waals surface area contributed by atoms with Gasteiger partial charge in [-0.2, -0.15) is 5.10 Å². The molecule has 0 aliphatic carbocycles. The molecular weight excluding hydrogens is 289 g/mol. The molecule has 1 N–H and O–H groups in total. The second-order valence-electron chi connectivity index (χ2n) is 2.47. The molecule has 86 valence electrons. The molecule has 1 heterocycles. The Morgan fingerprint density at radius 1 is 0.938 bits per heavy atom. The van der Waals surface area contributed by atoms with E-state index in [-0.39, 0.29) is 34.3 Å². The number of aromatic nitrogens is 2. The van der Waals surface area contributed by atoms with Crippen molar-refractivity contribution in [2.45, 2.75) is 0 Å². The van der Waals surface area contributed by atoms with E-state index < -0.39 is 0 Å². The van der Waals surface area contributed by atoms with Gasteiger partial charge in [-0.05, 0) is 12.1 Å². The zero-order valence-electron chi connectivity index (χ0n) is 9.24. The third-order valence-corrected chi connectivity index (χ3v) is 1.51. The zero-order chi connectivity index (χ0) is 8.93. The molecule has 16 heavy (non-hydrogen) atoms. The van der Waals surface area contributed by atoms with Gasteiger partial charge in [-0.3, -0.25) is 5.10 Å². The minimum absolute atomic E-state index is 0. The maximum absolute atomic E-state index is 3.99. The molecule has 0 atom stereocenters. The van der Waals surface area contributed by atoms with E-state index in [4.69, 9.17) is 0 Å². The Hall–Kier alpha value is -1.35. The molecule has 2 rings (SSSR count). The van der Waals surface area contributed by atoms with Gasteiger partial charge in [0.1, 0.15) is 0 Å². The van der Waals surface area contributed by atoms with Crippen LogP contribution in [0.15, 0.2) is 52.8 Å². The first-order valence-corrected chi connectivity index (χ1v) is 3.92. The van der Waals surface area contributed by atoms with Crippen molar-refractivity contribution in [2.24, 2.45) is 10.2 Å². The van der Waals surface area contributed by atoms with Gasteiger partial charge in [-0.1, -0.05) is 18.2 Å². The van der Waals surface area contributed by atoms with E-state index in [9.17, 15) is 0 Å². The molecule has 0 unspecified atom stereocenters. The monoisotopic (exact) mass is 304 g/mol. The summed E-state index contributed by atoms with van der Waals surface area (Å²) in [6.45, 7) is 0. The van der Waals surface area contributed by atoms with Crippen LogP contribution in [0, 0.1) is 14.9 Å². The summed E-state index contributed by atoms with van der Waals surface area (Å²) in [7, 11) is 0. The van der Waals surface area contributed by atoms with Crippen LogP contribution in [0.25, 0.3) is 0 Å². The summed E-state index contributed by atoms with van der Waals surface area (Å²) in [5.74, 6) is 0.587. The van der Waals surface area contributed by atoms with Gasteiger partial charge < -0.3 is 14.9 Å². The molecule has 0 aliphatic heterocycles. The molecule has 1 aromatic carbocycles. The van der Waals surface area contributed by atoms with Crippen molar-refractivity contribution in [3.05, 3.63) is 57.4 Å². The van der Waals surface area contributed by atoms with Crippen LogP contribution in [-0.2, 0) is 19.5 Å². The topological polar surface area (TPSA) is 53.4 Å². The third-order valence-electron chi connectivity index (χ3n) is 1.51. The van der Waals surface area contributed by atoms with Gasteiger partial charge in [0.05, 0.1) is 5.69 Å². The maximum Gasteiger partial charge on any atom is 2.00 e. The average Bonchev–Trinajstić information content (AvgIpc) is 2.69. The van der Waals surface area contributed by atoms with Crippen LogP contribution in [0.2, 0.25) is 0 Å². The summed E-state index contributed by atoms with van der Waals surface area (Å²) in [6, 6.07) is 11.3. The molecule has 0 amide bonds. The Labute approximate surface area is 109 Å². The standard InChI is InChI=1S/C9H8N4.2CH3.Ru/c1-2-4-8(5-3-1)11-13-9-6-7-10-12-9;;;/h1-7H,(H,10,12);2*1H3;/q;2*-1;+2. The normalized spacial score (nSPS) is 8.75. The molecule has 5 heteroatoms. The van der Waals surface area contributed by atoms with Gasteiger partial charge in [0, 0.05) is 12.3 Å². The van der Waals surface area contributed by atoms with Gasteiger partial charge in [0.25, 0.3) is 0 Å². The molecule has 0 saturated carbocycles. The first-order valence-electron chi connectivity index (χ1n) is 3.92. The van der Waals surface area contributed by atoms with Crippen molar-refractivity contribution in [2.75, 3.05) is 0 Å². The Bertz CT molecular complexity index is 384. The van der Waals surface area contributed by atoms with Crippen LogP contribution in [0.4, 0.5) is 11.5 Å². The predicted molar refractivity (Wildman–Crippen MR) is 62.0 cm³/mol. The summed E-state index contributed by atoms with van der Waals surface area (Å²) < 4.78 is 0. The van der Waals surface area contributed by atoms with Gasteiger partial charge in [0.15, 0.2) is 5.82 Å². The van der Waals surface area contributed by atoms with Gasteiger partial charge in [-0.15, -0.1) is 10.2 Å². The number of azo groups is 1. The predicted octanol–water partition coefficient (Wildman–Crippen LogP) is 3.72. The van der Waals surface area contributed by atoms with E-state index in [2.05, 4.69) is 20.4 Å². The van der Waals surface area contributed by atoms with E-state index in [1.165, 1.54) is 0 Å². The molecule has 0 spiro atoms. The van der Waals surface area contributed by atoms with Crippen LogP contribution in [0.5, 0.6) is 0 Å². The van der Waals surface area contributed by atoms with Crippen molar-refractivity contribution >= 4 is 11.5 Å². The number of aromatic amines is 1.